The lowest BCUT2D eigenvalue weighted by molar-refractivity contribution is 0.0932. The number of halogens is 2. The van der Waals surface area contributed by atoms with Gasteiger partial charge < -0.3 is 10.6 Å². The van der Waals surface area contributed by atoms with Crippen LogP contribution in [0.15, 0.2) is 36.4 Å². The Balaban J connectivity index is 1.71. The Morgan fingerprint density at radius 2 is 1.68 bits per heavy atom. The topological polar surface area (TPSA) is 71.1 Å². The molecule has 0 atom stereocenters. The van der Waals surface area contributed by atoms with Crippen LogP contribution in [0.25, 0.3) is 0 Å². The Kier molecular flexibility index (Phi) is 5.56. The molecule has 1 aromatic carbocycles. The molecule has 0 spiro atoms. The molecule has 3 rings (SSSR count). The van der Waals surface area contributed by atoms with E-state index in [1.807, 2.05) is 0 Å². The molecule has 7 heteroatoms. The Morgan fingerprint density at radius 3 is 2.36 bits per heavy atom. The van der Waals surface area contributed by atoms with Crippen LogP contribution in [-0.4, -0.2) is 22.8 Å². The van der Waals surface area contributed by atoms with Gasteiger partial charge in [0.25, 0.3) is 11.8 Å². The average molecular weight is 378 g/mol. The van der Waals surface area contributed by atoms with Gasteiger partial charge in [-0.2, -0.15) is 0 Å². The van der Waals surface area contributed by atoms with E-state index in [9.17, 15) is 9.59 Å². The minimum Gasteiger partial charge on any atom is -0.348 e. The lowest BCUT2D eigenvalue weighted by atomic mass is 10.2. The summed E-state index contributed by atoms with van der Waals surface area (Å²) in [7, 11) is 0. The van der Waals surface area contributed by atoms with E-state index in [0.717, 1.165) is 25.7 Å². The molecule has 1 aliphatic rings. The molecule has 0 aliphatic heterocycles. The van der Waals surface area contributed by atoms with E-state index in [2.05, 4.69) is 15.6 Å². The predicted octanol–water partition coefficient (Wildman–Crippen LogP) is 4.31. The highest BCUT2D eigenvalue weighted by Crippen LogP contribution is 2.25. The predicted molar refractivity (Wildman–Crippen MR) is 98.4 cm³/mol. The van der Waals surface area contributed by atoms with Gasteiger partial charge in [0.1, 0.15) is 11.4 Å². The summed E-state index contributed by atoms with van der Waals surface area (Å²) in [4.78, 5) is 28.8. The van der Waals surface area contributed by atoms with Gasteiger partial charge in [0.05, 0.1) is 10.7 Å². The fraction of sp³-hybridized carbons (Fsp3) is 0.278. The fourth-order valence-corrected chi connectivity index (χ4v) is 3.25. The van der Waals surface area contributed by atoms with Crippen molar-refractivity contribution in [2.24, 2.45) is 0 Å². The molecule has 1 saturated carbocycles. The van der Waals surface area contributed by atoms with E-state index >= 15 is 0 Å². The monoisotopic (exact) mass is 377 g/mol. The van der Waals surface area contributed by atoms with Crippen LogP contribution in [0, 0.1) is 0 Å². The van der Waals surface area contributed by atoms with Crippen molar-refractivity contribution in [2.75, 3.05) is 5.32 Å². The first kappa shape index (κ1) is 17.7. The van der Waals surface area contributed by atoms with Crippen molar-refractivity contribution >= 4 is 40.7 Å². The normalized spacial score (nSPS) is 14.3. The van der Waals surface area contributed by atoms with Crippen molar-refractivity contribution in [3.63, 3.8) is 0 Å². The smallest absolute Gasteiger partial charge is 0.274 e. The van der Waals surface area contributed by atoms with E-state index in [4.69, 9.17) is 23.2 Å². The number of nitrogens with zero attached hydrogens (tertiary/aromatic N) is 1. The SMILES string of the molecule is O=C(Nc1ccc(Cl)cc1Cl)c1cccc(C(=O)NC2CCCC2)n1. The molecule has 0 unspecified atom stereocenters. The summed E-state index contributed by atoms with van der Waals surface area (Å²) >= 11 is 11.9. The van der Waals surface area contributed by atoms with Crippen LogP contribution in [0.3, 0.4) is 0 Å². The standard InChI is InChI=1S/C18H17Cl2N3O2/c19-11-8-9-14(13(20)10-11)23-18(25)16-7-3-6-15(22-16)17(24)21-12-4-1-2-5-12/h3,6-10,12H,1-2,4-5H2,(H,21,24)(H,23,25). The van der Waals surface area contributed by atoms with E-state index < -0.39 is 5.91 Å². The Bertz CT molecular complexity index is 805. The van der Waals surface area contributed by atoms with Crippen LogP contribution in [0.2, 0.25) is 10.0 Å². The number of hydrogen-bond acceptors (Lipinski definition) is 3. The average Bonchev–Trinajstić information content (AvgIpc) is 3.10. The number of aromatic nitrogens is 1. The number of anilines is 1. The van der Waals surface area contributed by atoms with Gasteiger partial charge >= 0.3 is 0 Å². The van der Waals surface area contributed by atoms with E-state index in [1.54, 1.807) is 30.3 Å². The van der Waals surface area contributed by atoms with Crippen LogP contribution in [0.4, 0.5) is 5.69 Å². The zero-order chi connectivity index (χ0) is 17.8. The maximum atomic E-state index is 12.4. The zero-order valence-corrected chi connectivity index (χ0v) is 14.9. The van der Waals surface area contributed by atoms with Gasteiger partial charge in [0.15, 0.2) is 0 Å². The zero-order valence-electron chi connectivity index (χ0n) is 13.4. The van der Waals surface area contributed by atoms with Crippen molar-refractivity contribution in [1.82, 2.24) is 10.3 Å². The Hall–Kier alpha value is -2.11. The first-order chi connectivity index (χ1) is 12.0. The fourth-order valence-electron chi connectivity index (χ4n) is 2.79. The van der Waals surface area contributed by atoms with Crippen molar-refractivity contribution < 1.29 is 9.59 Å². The molecule has 2 N–H and O–H groups in total. The quantitative estimate of drug-likeness (QED) is 0.833. The summed E-state index contributed by atoms with van der Waals surface area (Å²) in [6.45, 7) is 0. The maximum Gasteiger partial charge on any atom is 0.274 e. The van der Waals surface area contributed by atoms with E-state index in [-0.39, 0.29) is 23.3 Å². The lowest BCUT2D eigenvalue weighted by Crippen LogP contribution is -2.33. The van der Waals surface area contributed by atoms with Crippen molar-refractivity contribution in [2.45, 2.75) is 31.7 Å². The van der Waals surface area contributed by atoms with Crippen LogP contribution < -0.4 is 10.6 Å². The number of amides is 2. The summed E-state index contributed by atoms with van der Waals surface area (Å²) < 4.78 is 0. The summed E-state index contributed by atoms with van der Waals surface area (Å²) in [5, 5.41) is 6.43. The van der Waals surface area contributed by atoms with Crippen LogP contribution in [0.1, 0.15) is 46.7 Å². The van der Waals surface area contributed by atoms with Crippen molar-refractivity contribution in [3.8, 4) is 0 Å². The molecular weight excluding hydrogens is 361 g/mol. The first-order valence-electron chi connectivity index (χ1n) is 8.07. The molecule has 2 amide bonds. The second kappa shape index (κ2) is 7.85. The summed E-state index contributed by atoms with van der Waals surface area (Å²) in [5.74, 6) is -0.703. The largest absolute Gasteiger partial charge is 0.348 e. The molecule has 1 fully saturated rings. The molecule has 1 aliphatic carbocycles. The first-order valence-corrected chi connectivity index (χ1v) is 8.83. The van der Waals surface area contributed by atoms with Gasteiger partial charge in [-0.05, 0) is 43.2 Å². The van der Waals surface area contributed by atoms with E-state index in [1.165, 1.54) is 6.07 Å². The minimum atomic E-state index is -0.445. The third kappa shape index (κ3) is 4.50. The summed E-state index contributed by atoms with van der Waals surface area (Å²) in [5.41, 5.74) is 0.797. The second-order valence-corrected chi connectivity index (χ2v) is 6.78. The molecule has 25 heavy (non-hydrogen) atoms. The molecule has 0 saturated heterocycles. The maximum absolute atomic E-state index is 12.4. The molecule has 130 valence electrons. The van der Waals surface area contributed by atoms with E-state index in [0.29, 0.717) is 15.7 Å². The Morgan fingerprint density at radius 1 is 1.00 bits per heavy atom. The number of rotatable bonds is 4. The molecule has 0 radical (unpaired) electrons. The van der Waals surface area contributed by atoms with Gasteiger partial charge in [0, 0.05) is 11.1 Å². The van der Waals surface area contributed by atoms with Gasteiger partial charge in [0.2, 0.25) is 0 Å². The van der Waals surface area contributed by atoms with Gasteiger partial charge in [-0.15, -0.1) is 0 Å². The van der Waals surface area contributed by atoms with Gasteiger partial charge in [-0.1, -0.05) is 42.1 Å². The van der Waals surface area contributed by atoms with Gasteiger partial charge in [-0.3, -0.25) is 9.59 Å². The van der Waals surface area contributed by atoms with Crippen molar-refractivity contribution in [1.29, 1.82) is 0 Å². The summed E-state index contributed by atoms with van der Waals surface area (Å²) in [6, 6.07) is 9.75. The van der Waals surface area contributed by atoms with Crippen LogP contribution in [0.5, 0.6) is 0 Å². The van der Waals surface area contributed by atoms with Gasteiger partial charge in [-0.25, -0.2) is 4.98 Å². The highest BCUT2D eigenvalue weighted by Gasteiger charge is 2.19. The molecule has 1 heterocycles. The number of hydrogen-bond donors (Lipinski definition) is 2. The number of pyridine rings is 1. The molecule has 5 nitrogen and oxygen atoms in total. The molecule has 0 bridgehead atoms. The number of carbonyl (C=O) groups is 2. The number of benzene rings is 1. The third-order valence-electron chi connectivity index (χ3n) is 4.08. The number of nitrogens with one attached hydrogen (secondary N) is 2. The molecular formula is C18H17Cl2N3O2. The lowest BCUT2D eigenvalue weighted by Gasteiger charge is -2.12. The van der Waals surface area contributed by atoms with Crippen LogP contribution in [-0.2, 0) is 0 Å². The summed E-state index contributed by atoms with van der Waals surface area (Å²) in [6.07, 6.45) is 4.23. The highest BCUT2D eigenvalue weighted by atomic mass is 35.5. The Labute approximate surface area is 155 Å². The minimum absolute atomic E-state index is 0.144. The highest BCUT2D eigenvalue weighted by molar-refractivity contribution is 6.36. The number of carbonyl (C=O) groups excluding carboxylic acids is 2. The van der Waals surface area contributed by atoms with Crippen molar-refractivity contribution in [3.05, 3.63) is 57.8 Å². The second-order valence-electron chi connectivity index (χ2n) is 5.94. The molecule has 1 aromatic heterocycles. The van der Waals surface area contributed by atoms with Crippen LogP contribution >= 0.6 is 23.2 Å². The third-order valence-corrected chi connectivity index (χ3v) is 4.63. The molecule has 2 aromatic rings.